The van der Waals surface area contributed by atoms with Crippen molar-refractivity contribution in [3.05, 3.63) is 101 Å². The third-order valence-electron chi connectivity index (χ3n) is 5.42. The molecule has 0 spiro atoms. The number of benzene rings is 3. The molecule has 1 aromatic heterocycles. The molecule has 4 rings (SSSR count). The third kappa shape index (κ3) is 5.00. The van der Waals surface area contributed by atoms with Crippen molar-refractivity contribution < 1.29 is 9.47 Å². The second kappa shape index (κ2) is 10.3. The van der Waals surface area contributed by atoms with E-state index in [-0.39, 0.29) is 22.6 Å². The molecule has 0 bridgehead atoms. The summed E-state index contributed by atoms with van der Waals surface area (Å²) in [6.07, 6.45) is 1.64. The zero-order chi connectivity index (χ0) is 24.8. The number of aromatic nitrogens is 2. The fraction of sp³-hybridized carbons (Fsp3) is 0.107. The van der Waals surface area contributed by atoms with Gasteiger partial charge in [-0.3, -0.25) is 0 Å². The molecule has 0 aliphatic heterocycles. The van der Waals surface area contributed by atoms with Crippen LogP contribution < -0.4 is 15.2 Å². The fourth-order valence-electron chi connectivity index (χ4n) is 3.55. The normalized spacial score (nSPS) is 10.9. The van der Waals surface area contributed by atoms with Gasteiger partial charge in [-0.2, -0.15) is 15.6 Å². The topological polar surface area (TPSA) is 110 Å². The van der Waals surface area contributed by atoms with Crippen LogP contribution >= 0.6 is 0 Å². The van der Waals surface area contributed by atoms with Crippen molar-refractivity contribution >= 4 is 17.5 Å². The average Bonchev–Trinajstić information content (AvgIpc) is 3.23. The molecule has 0 saturated heterocycles. The molecule has 2 N–H and O–H groups in total. The van der Waals surface area contributed by atoms with Gasteiger partial charge in [0.1, 0.15) is 35.8 Å². The van der Waals surface area contributed by atoms with Crippen molar-refractivity contribution in [2.75, 3.05) is 12.8 Å². The van der Waals surface area contributed by atoms with Gasteiger partial charge in [0, 0.05) is 0 Å². The Kier molecular flexibility index (Phi) is 6.81. The van der Waals surface area contributed by atoms with Gasteiger partial charge in [-0.05, 0) is 48.4 Å². The molecular weight excluding hydrogens is 438 g/mol. The summed E-state index contributed by atoms with van der Waals surface area (Å²) in [5, 5.41) is 24.0. The number of hydrogen-bond donors (Lipinski definition) is 1. The molecule has 1 heterocycles. The SMILES string of the molecule is COc1cc(C=C(C#N)c2nn(-c3ccccc3)c(N)c2C#N)ccc1OCc1ccc(C)cc1. The summed E-state index contributed by atoms with van der Waals surface area (Å²) in [5.74, 6) is 1.28. The van der Waals surface area contributed by atoms with E-state index in [1.807, 2.05) is 67.6 Å². The van der Waals surface area contributed by atoms with Crippen LogP contribution in [0.4, 0.5) is 5.82 Å². The Hall–Kier alpha value is -5.01. The van der Waals surface area contributed by atoms with Gasteiger partial charge >= 0.3 is 0 Å². The minimum absolute atomic E-state index is 0.145. The number of para-hydroxylation sites is 1. The van der Waals surface area contributed by atoms with Crippen LogP contribution in [0.25, 0.3) is 17.3 Å². The van der Waals surface area contributed by atoms with Crippen molar-refractivity contribution in [1.29, 1.82) is 10.5 Å². The molecule has 172 valence electrons. The number of nitrogens with zero attached hydrogens (tertiary/aromatic N) is 4. The highest BCUT2D eigenvalue weighted by atomic mass is 16.5. The van der Waals surface area contributed by atoms with E-state index in [0.717, 1.165) is 5.56 Å². The monoisotopic (exact) mass is 461 g/mol. The van der Waals surface area contributed by atoms with Crippen LogP contribution in [-0.2, 0) is 6.61 Å². The summed E-state index contributed by atoms with van der Waals surface area (Å²) < 4.78 is 12.9. The first kappa shape index (κ1) is 23.2. The lowest BCUT2D eigenvalue weighted by atomic mass is 10.1. The second-order valence-electron chi connectivity index (χ2n) is 7.82. The van der Waals surface area contributed by atoms with Crippen LogP contribution in [-0.4, -0.2) is 16.9 Å². The van der Waals surface area contributed by atoms with Gasteiger partial charge in [0.2, 0.25) is 0 Å². The molecule has 0 saturated carbocycles. The number of nitrogen functional groups attached to an aromatic ring is 1. The van der Waals surface area contributed by atoms with Crippen LogP contribution in [0, 0.1) is 29.6 Å². The van der Waals surface area contributed by atoms with Crippen molar-refractivity contribution in [3.63, 3.8) is 0 Å². The molecule has 0 fully saturated rings. The van der Waals surface area contributed by atoms with Crippen molar-refractivity contribution in [2.24, 2.45) is 0 Å². The van der Waals surface area contributed by atoms with E-state index in [9.17, 15) is 10.5 Å². The van der Waals surface area contributed by atoms with Gasteiger partial charge in [0.25, 0.3) is 0 Å². The van der Waals surface area contributed by atoms with E-state index < -0.39 is 0 Å². The lowest BCUT2D eigenvalue weighted by Gasteiger charge is -2.12. The number of allylic oxidation sites excluding steroid dienone is 1. The first-order valence-electron chi connectivity index (χ1n) is 10.9. The maximum Gasteiger partial charge on any atom is 0.161 e. The minimum Gasteiger partial charge on any atom is -0.493 e. The van der Waals surface area contributed by atoms with E-state index in [0.29, 0.717) is 29.4 Å². The first-order valence-corrected chi connectivity index (χ1v) is 10.9. The smallest absolute Gasteiger partial charge is 0.161 e. The van der Waals surface area contributed by atoms with Crippen molar-refractivity contribution in [3.8, 4) is 29.3 Å². The lowest BCUT2D eigenvalue weighted by molar-refractivity contribution is 0.284. The summed E-state index contributed by atoms with van der Waals surface area (Å²) in [4.78, 5) is 0. The number of aryl methyl sites for hydroxylation is 1. The summed E-state index contributed by atoms with van der Waals surface area (Å²) in [6.45, 7) is 2.44. The van der Waals surface area contributed by atoms with Crippen molar-refractivity contribution in [2.45, 2.75) is 13.5 Å². The van der Waals surface area contributed by atoms with E-state index in [1.165, 1.54) is 10.2 Å². The molecular formula is C28H23N5O2. The summed E-state index contributed by atoms with van der Waals surface area (Å²) >= 11 is 0. The number of methoxy groups -OCH3 is 1. The standard InChI is InChI=1S/C28H23N5O2/c1-19-8-10-20(11-9-19)18-35-25-13-12-21(15-26(25)34-2)14-22(16-29)27-24(17-30)28(31)33(32-27)23-6-4-3-5-7-23/h3-15H,18,31H2,1-2H3. The van der Waals surface area contributed by atoms with Crippen LogP contribution in [0.15, 0.2) is 72.8 Å². The number of anilines is 1. The molecule has 0 aliphatic rings. The highest BCUT2D eigenvalue weighted by molar-refractivity contribution is 5.91. The van der Waals surface area contributed by atoms with Gasteiger partial charge < -0.3 is 15.2 Å². The summed E-state index contributed by atoms with van der Waals surface area (Å²) in [6, 6.07) is 26.9. The Morgan fingerprint density at radius 3 is 2.43 bits per heavy atom. The van der Waals surface area contributed by atoms with Gasteiger partial charge in [-0.25, -0.2) is 4.68 Å². The molecule has 0 aliphatic carbocycles. The zero-order valence-corrected chi connectivity index (χ0v) is 19.4. The quantitative estimate of drug-likeness (QED) is 0.375. The Labute approximate surface area is 203 Å². The Morgan fingerprint density at radius 1 is 1.03 bits per heavy atom. The van der Waals surface area contributed by atoms with Crippen LogP contribution in [0.3, 0.4) is 0 Å². The lowest BCUT2D eigenvalue weighted by Crippen LogP contribution is -2.02. The number of nitrogens with two attached hydrogens (primary N) is 1. The van der Waals surface area contributed by atoms with E-state index in [1.54, 1.807) is 25.3 Å². The third-order valence-corrected chi connectivity index (χ3v) is 5.42. The maximum absolute atomic E-state index is 9.87. The number of hydrogen-bond acceptors (Lipinski definition) is 6. The maximum atomic E-state index is 9.87. The van der Waals surface area contributed by atoms with Gasteiger partial charge in [-0.1, -0.05) is 54.1 Å². The van der Waals surface area contributed by atoms with Gasteiger partial charge in [0.05, 0.1) is 18.4 Å². The molecule has 7 heteroatoms. The highest BCUT2D eigenvalue weighted by Crippen LogP contribution is 2.32. The Balaban J connectivity index is 1.65. The zero-order valence-electron chi connectivity index (χ0n) is 19.4. The van der Waals surface area contributed by atoms with E-state index in [4.69, 9.17) is 15.2 Å². The number of rotatable bonds is 7. The fourth-order valence-corrected chi connectivity index (χ4v) is 3.55. The van der Waals surface area contributed by atoms with Crippen LogP contribution in [0.2, 0.25) is 0 Å². The van der Waals surface area contributed by atoms with Gasteiger partial charge in [0.15, 0.2) is 11.5 Å². The molecule has 4 aromatic rings. The Morgan fingerprint density at radius 2 is 1.77 bits per heavy atom. The Bertz CT molecular complexity index is 1460. The number of nitriles is 2. The largest absolute Gasteiger partial charge is 0.493 e. The molecule has 3 aromatic carbocycles. The predicted octanol–water partition coefficient (Wildman–Crippen LogP) is 5.29. The summed E-state index contributed by atoms with van der Waals surface area (Å²) in [5.41, 5.74) is 10.4. The average molecular weight is 462 g/mol. The molecule has 0 atom stereocenters. The second-order valence-corrected chi connectivity index (χ2v) is 7.82. The van der Waals surface area contributed by atoms with Gasteiger partial charge in [-0.15, -0.1) is 0 Å². The molecule has 7 nitrogen and oxygen atoms in total. The van der Waals surface area contributed by atoms with E-state index in [2.05, 4.69) is 17.2 Å². The molecule has 0 radical (unpaired) electrons. The van der Waals surface area contributed by atoms with Crippen LogP contribution in [0.1, 0.15) is 27.9 Å². The predicted molar refractivity (Wildman–Crippen MR) is 135 cm³/mol. The molecule has 0 amide bonds. The van der Waals surface area contributed by atoms with Crippen molar-refractivity contribution in [1.82, 2.24) is 9.78 Å². The number of ether oxygens (including phenoxy) is 2. The highest BCUT2D eigenvalue weighted by Gasteiger charge is 2.20. The molecule has 0 unspecified atom stereocenters. The summed E-state index contributed by atoms with van der Waals surface area (Å²) in [7, 11) is 1.56. The molecule has 35 heavy (non-hydrogen) atoms. The van der Waals surface area contributed by atoms with Crippen LogP contribution in [0.5, 0.6) is 11.5 Å². The van der Waals surface area contributed by atoms with E-state index >= 15 is 0 Å². The minimum atomic E-state index is 0.145. The first-order chi connectivity index (χ1) is 17.0.